The van der Waals surface area contributed by atoms with Gasteiger partial charge in [-0.25, -0.2) is 14.4 Å². The van der Waals surface area contributed by atoms with E-state index in [1.54, 1.807) is 18.4 Å². The van der Waals surface area contributed by atoms with Crippen LogP contribution in [0.15, 0.2) is 59.5 Å². The summed E-state index contributed by atoms with van der Waals surface area (Å²) < 4.78 is 18.7. The molecule has 0 saturated heterocycles. The lowest BCUT2D eigenvalue weighted by Crippen LogP contribution is -2.26. The highest BCUT2D eigenvalue weighted by Gasteiger charge is 2.17. The number of benzene rings is 1. The highest BCUT2D eigenvalue weighted by molar-refractivity contribution is 5.93. The molecule has 0 fully saturated rings. The summed E-state index contributed by atoms with van der Waals surface area (Å²) in [7, 11) is 0. The number of hydrogen-bond acceptors (Lipinski definition) is 4. The van der Waals surface area contributed by atoms with Gasteiger partial charge in [0.25, 0.3) is 5.91 Å². The zero-order chi connectivity index (χ0) is 18.4. The number of nitrogens with one attached hydrogen (secondary N) is 1. The Morgan fingerprint density at radius 1 is 1.19 bits per heavy atom. The van der Waals surface area contributed by atoms with E-state index >= 15 is 0 Å². The van der Waals surface area contributed by atoms with Crippen LogP contribution < -0.4 is 5.32 Å². The third-order valence-corrected chi connectivity index (χ3v) is 4.16. The first-order valence-electron chi connectivity index (χ1n) is 8.55. The average molecular weight is 353 g/mol. The van der Waals surface area contributed by atoms with Crippen LogP contribution >= 0.6 is 0 Å². The molecule has 0 saturated carbocycles. The summed E-state index contributed by atoms with van der Waals surface area (Å²) in [6.07, 6.45) is 6.02. The average Bonchev–Trinajstić information content (AvgIpc) is 3.20. The Labute approximate surface area is 151 Å². The third-order valence-electron chi connectivity index (χ3n) is 4.16. The van der Waals surface area contributed by atoms with Gasteiger partial charge in [-0.05, 0) is 36.2 Å². The molecule has 0 aliphatic heterocycles. The van der Waals surface area contributed by atoms with Crippen molar-refractivity contribution in [2.45, 2.75) is 25.7 Å². The van der Waals surface area contributed by atoms with Crippen molar-refractivity contribution < 1.29 is 13.6 Å². The van der Waals surface area contributed by atoms with Gasteiger partial charge in [0.1, 0.15) is 17.4 Å². The summed E-state index contributed by atoms with van der Waals surface area (Å²) in [5, 5.41) is 2.88. The number of rotatable bonds is 7. The van der Waals surface area contributed by atoms with E-state index in [1.165, 1.54) is 24.5 Å². The van der Waals surface area contributed by atoms with E-state index in [-0.39, 0.29) is 17.6 Å². The molecule has 2 aromatic heterocycles. The minimum Gasteiger partial charge on any atom is -0.469 e. The van der Waals surface area contributed by atoms with Crippen molar-refractivity contribution in [1.82, 2.24) is 15.3 Å². The largest absolute Gasteiger partial charge is 0.469 e. The molecule has 3 rings (SSSR count). The van der Waals surface area contributed by atoms with Gasteiger partial charge in [0.05, 0.1) is 11.8 Å². The summed E-state index contributed by atoms with van der Waals surface area (Å²) in [4.78, 5) is 20.5. The van der Waals surface area contributed by atoms with E-state index in [1.807, 2.05) is 19.1 Å². The molecule has 2 heterocycles. The van der Waals surface area contributed by atoms with Crippen molar-refractivity contribution in [3.8, 4) is 0 Å². The first kappa shape index (κ1) is 17.8. The molecule has 0 radical (unpaired) electrons. The van der Waals surface area contributed by atoms with Crippen molar-refractivity contribution in [2.24, 2.45) is 0 Å². The highest BCUT2D eigenvalue weighted by Crippen LogP contribution is 2.28. The third kappa shape index (κ3) is 4.33. The minimum atomic E-state index is -0.282. The predicted molar refractivity (Wildman–Crippen MR) is 95.3 cm³/mol. The monoisotopic (exact) mass is 353 g/mol. The van der Waals surface area contributed by atoms with Gasteiger partial charge in [0.15, 0.2) is 0 Å². The summed E-state index contributed by atoms with van der Waals surface area (Å²) in [6, 6.07) is 10.0. The van der Waals surface area contributed by atoms with Gasteiger partial charge >= 0.3 is 0 Å². The number of hydrogen-bond donors (Lipinski definition) is 1. The quantitative estimate of drug-likeness (QED) is 0.703. The highest BCUT2D eigenvalue weighted by atomic mass is 19.1. The molecule has 26 heavy (non-hydrogen) atoms. The molecule has 1 aromatic carbocycles. The molecule has 5 nitrogen and oxygen atoms in total. The molecular formula is C20H20FN3O2. The summed E-state index contributed by atoms with van der Waals surface area (Å²) in [6.45, 7) is 2.40. The Hall–Kier alpha value is -3.02. The fraction of sp³-hybridized carbons (Fsp3) is 0.250. The van der Waals surface area contributed by atoms with E-state index in [2.05, 4.69) is 15.3 Å². The van der Waals surface area contributed by atoms with Crippen molar-refractivity contribution in [3.05, 3.63) is 83.6 Å². The van der Waals surface area contributed by atoms with E-state index in [4.69, 9.17) is 4.42 Å². The SMILES string of the molecule is CCc1ncc(C(=O)NCC[C@@H](c2ccc(F)cc2)c2ccco2)cn1. The number of aromatic nitrogens is 2. The number of nitrogens with zero attached hydrogens (tertiary/aromatic N) is 2. The fourth-order valence-electron chi connectivity index (χ4n) is 2.74. The zero-order valence-corrected chi connectivity index (χ0v) is 14.5. The first-order valence-corrected chi connectivity index (χ1v) is 8.55. The molecule has 134 valence electrons. The molecular weight excluding hydrogens is 333 g/mol. The number of carbonyl (C=O) groups is 1. The van der Waals surface area contributed by atoms with Crippen LogP contribution in [0.5, 0.6) is 0 Å². The second-order valence-electron chi connectivity index (χ2n) is 5.91. The van der Waals surface area contributed by atoms with Crippen LogP contribution in [-0.4, -0.2) is 22.4 Å². The van der Waals surface area contributed by atoms with Crippen LogP contribution in [0.2, 0.25) is 0 Å². The van der Waals surface area contributed by atoms with Crippen LogP contribution in [0.25, 0.3) is 0 Å². The van der Waals surface area contributed by atoms with Crippen molar-refractivity contribution in [3.63, 3.8) is 0 Å². The Kier molecular flexibility index (Phi) is 5.73. The summed E-state index contributed by atoms with van der Waals surface area (Å²) in [5.74, 6) is 0.919. The lowest BCUT2D eigenvalue weighted by molar-refractivity contribution is 0.0951. The Morgan fingerprint density at radius 2 is 1.92 bits per heavy atom. The molecule has 0 aliphatic rings. The maximum absolute atomic E-state index is 13.2. The van der Waals surface area contributed by atoms with Crippen LogP contribution in [-0.2, 0) is 6.42 Å². The van der Waals surface area contributed by atoms with Gasteiger partial charge in [-0.1, -0.05) is 19.1 Å². The van der Waals surface area contributed by atoms with Gasteiger partial charge in [-0.2, -0.15) is 0 Å². The van der Waals surface area contributed by atoms with E-state index < -0.39 is 0 Å². The van der Waals surface area contributed by atoms with Gasteiger partial charge in [0, 0.05) is 31.3 Å². The maximum atomic E-state index is 13.2. The number of amides is 1. The standard InChI is InChI=1S/C20H20FN3O2/c1-2-19-23-12-15(13-24-19)20(25)22-10-9-17(18-4-3-11-26-18)14-5-7-16(21)8-6-14/h3-8,11-13,17H,2,9-10H2,1H3,(H,22,25)/t17-/m0/s1. The first-order chi connectivity index (χ1) is 12.7. The van der Waals surface area contributed by atoms with Crippen molar-refractivity contribution >= 4 is 5.91 Å². The Morgan fingerprint density at radius 3 is 2.54 bits per heavy atom. The van der Waals surface area contributed by atoms with Gasteiger partial charge in [-0.15, -0.1) is 0 Å². The fourth-order valence-corrected chi connectivity index (χ4v) is 2.74. The van der Waals surface area contributed by atoms with Gasteiger partial charge in [-0.3, -0.25) is 4.79 Å². The molecule has 1 N–H and O–H groups in total. The molecule has 0 aliphatic carbocycles. The minimum absolute atomic E-state index is 0.0652. The predicted octanol–water partition coefficient (Wildman–Crippen LogP) is 3.72. The topological polar surface area (TPSA) is 68.0 Å². The van der Waals surface area contributed by atoms with Crippen LogP contribution in [0.4, 0.5) is 4.39 Å². The van der Waals surface area contributed by atoms with Crippen LogP contribution in [0.1, 0.15) is 46.8 Å². The Balaban J connectivity index is 1.64. The van der Waals surface area contributed by atoms with Crippen LogP contribution in [0, 0.1) is 5.82 Å². The lowest BCUT2D eigenvalue weighted by atomic mass is 9.93. The second-order valence-corrected chi connectivity index (χ2v) is 5.91. The molecule has 0 unspecified atom stereocenters. The Bertz CT molecular complexity index is 831. The second kappa shape index (κ2) is 8.38. The smallest absolute Gasteiger partial charge is 0.254 e. The number of furan rings is 1. The van der Waals surface area contributed by atoms with E-state index in [0.29, 0.717) is 24.4 Å². The normalized spacial score (nSPS) is 11.9. The number of aryl methyl sites for hydroxylation is 1. The molecule has 1 atom stereocenters. The van der Waals surface area contributed by atoms with Gasteiger partial charge in [0.2, 0.25) is 0 Å². The van der Waals surface area contributed by atoms with Crippen LogP contribution in [0.3, 0.4) is 0 Å². The molecule has 0 spiro atoms. The van der Waals surface area contributed by atoms with Crippen molar-refractivity contribution in [2.75, 3.05) is 6.54 Å². The van der Waals surface area contributed by atoms with E-state index in [9.17, 15) is 9.18 Å². The summed E-state index contributed by atoms with van der Waals surface area (Å²) in [5.41, 5.74) is 1.37. The molecule has 0 bridgehead atoms. The number of carbonyl (C=O) groups excluding carboxylic acids is 1. The zero-order valence-electron chi connectivity index (χ0n) is 14.5. The van der Waals surface area contributed by atoms with E-state index in [0.717, 1.165) is 17.7 Å². The number of halogens is 1. The maximum Gasteiger partial charge on any atom is 0.254 e. The van der Waals surface area contributed by atoms with Gasteiger partial charge < -0.3 is 9.73 Å². The lowest BCUT2D eigenvalue weighted by Gasteiger charge is -2.15. The molecule has 3 aromatic rings. The summed E-state index contributed by atoms with van der Waals surface area (Å²) >= 11 is 0. The van der Waals surface area contributed by atoms with Crippen molar-refractivity contribution in [1.29, 1.82) is 0 Å². The molecule has 6 heteroatoms. The molecule has 1 amide bonds.